The van der Waals surface area contributed by atoms with Crippen molar-refractivity contribution >= 4 is 0 Å². The van der Waals surface area contributed by atoms with Gasteiger partial charge in [-0.05, 0) is 44.6 Å². The first kappa shape index (κ1) is 10.0. The highest BCUT2D eigenvalue weighted by molar-refractivity contribution is 4.80. The Kier molecular flexibility index (Phi) is 4.07. The predicted molar refractivity (Wildman–Crippen MR) is 54.3 cm³/mol. The fraction of sp³-hybridized carbons (Fsp3) is 1.00. The summed E-state index contributed by atoms with van der Waals surface area (Å²) in [6.07, 6.45) is 5.57. The molecule has 1 nitrogen and oxygen atoms in total. The molecule has 1 aliphatic rings. The molecule has 0 aliphatic heterocycles. The third-order valence-corrected chi connectivity index (χ3v) is 2.94. The fourth-order valence-electron chi connectivity index (χ4n) is 1.75. The van der Waals surface area contributed by atoms with Gasteiger partial charge in [0.2, 0.25) is 0 Å². The summed E-state index contributed by atoms with van der Waals surface area (Å²) in [6, 6.07) is 0.719. The normalized spacial score (nSPS) is 22.2. The van der Waals surface area contributed by atoms with Crippen molar-refractivity contribution in [1.29, 1.82) is 0 Å². The van der Waals surface area contributed by atoms with Gasteiger partial charge in [-0.25, -0.2) is 0 Å². The van der Waals surface area contributed by atoms with E-state index in [0.29, 0.717) is 0 Å². The first-order chi connectivity index (χ1) is 5.74. The van der Waals surface area contributed by atoms with Crippen molar-refractivity contribution in [2.75, 3.05) is 6.54 Å². The molecule has 0 radical (unpaired) electrons. The molecule has 0 amide bonds. The van der Waals surface area contributed by atoms with Crippen molar-refractivity contribution in [2.45, 2.75) is 52.5 Å². The van der Waals surface area contributed by atoms with Crippen molar-refractivity contribution < 1.29 is 0 Å². The molecule has 2 atom stereocenters. The predicted octanol–water partition coefficient (Wildman–Crippen LogP) is 2.81. The standard InChI is InChI=1S/C11H23N/c1-4-5-10(3)12-8-9(2)11-6-7-11/h9-12H,4-8H2,1-3H3. The van der Waals surface area contributed by atoms with E-state index in [4.69, 9.17) is 0 Å². The maximum atomic E-state index is 3.60. The summed E-state index contributed by atoms with van der Waals surface area (Å²) in [4.78, 5) is 0. The van der Waals surface area contributed by atoms with Crippen molar-refractivity contribution in [2.24, 2.45) is 11.8 Å². The quantitative estimate of drug-likeness (QED) is 0.644. The molecule has 0 spiro atoms. The first-order valence-electron chi connectivity index (χ1n) is 5.47. The molecule has 72 valence electrons. The highest BCUT2D eigenvalue weighted by atomic mass is 14.9. The van der Waals surface area contributed by atoms with Crippen LogP contribution >= 0.6 is 0 Å². The summed E-state index contributed by atoms with van der Waals surface area (Å²) in [5.41, 5.74) is 0. The van der Waals surface area contributed by atoms with Gasteiger partial charge in [-0.3, -0.25) is 0 Å². The third kappa shape index (κ3) is 3.57. The second kappa shape index (κ2) is 4.86. The number of nitrogens with one attached hydrogen (secondary N) is 1. The van der Waals surface area contributed by atoms with Crippen molar-refractivity contribution in [3.05, 3.63) is 0 Å². The highest BCUT2D eigenvalue weighted by Gasteiger charge is 2.27. The molecule has 0 heterocycles. The van der Waals surface area contributed by atoms with E-state index in [2.05, 4.69) is 26.1 Å². The first-order valence-corrected chi connectivity index (χ1v) is 5.47. The average molecular weight is 169 g/mol. The van der Waals surface area contributed by atoms with Crippen LogP contribution in [0.4, 0.5) is 0 Å². The number of rotatable bonds is 6. The Morgan fingerprint density at radius 1 is 1.33 bits per heavy atom. The van der Waals surface area contributed by atoms with Gasteiger partial charge >= 0.3 is 0 Å². The fourth-order valence-corrected chi connectivity index (χ4v) is 1.75. The van der Waals surface area contributed by atoms with Crippen LogP contribution in [0.3, 0.4) is 0 Å². The lowest BCUT2D eigenvalue weighted by Crippen LogP contribution is -2.30. The number of hydrogen-bond acceptors (Lipinski definition) is 1. The molecule has 1 rings (SSSR count). The molecule has 1 aliphatic carbocycles. The van der Waals surface area contributed by atoms with Gasteiger partial charge in [-0.15, -0.1) is 0 Å². The Labute approximate surface area is 76.9 Å². The molecule has 1 heteroatoms. The smallest absolute Gasteiger partial charge is 0.00387 e. The van der Waals surface area contributed by atoms with Crippen LogP contribution in [-0.2, 0) is 0 Å². The Bertz CT molecular complexity index is 118. The molecule has 2 unspecified atom stereocenters. The van der Waals surface area contributed by atoms with E-state index in [9.17, 15) is 0 Å². The molecule has 0 bridgehead atoms. The zero-order valence-corrected chi connectivity index (χ0v) is 8.77. The summed E-state index contributed by atoms with van der Waals surface area (Å²) >= 11 is 0. The van der Waals surface area contributed by atoms with Crippen LogP contribution in [0, 0.1) is 11.8 Å². The van der Waals surface area contributed by atoms with Crippen LogP contribution in [0.25, 0.3) is 0 Å². The van der Waals surface area contributed by atoms with E-state index in [1.807, 2.05) is 0 Å². The molecule has 1 fully saturated rings. The van der Waals surface area contributed by atoms with E-state index in [1.165, 1.54) is 32.2 Å². The van der Waals surface area contributed by atoms with Gasteiger partial charge in [0.25, 0.3) is 0 Å². The lowest BCUT2D eigenvalue weighted by atomic mass is 10.1. The second-order valence-electron chi connectivity index (χ2n) is 4.41. The van der Waals surface area contributed by atoms with Gasteiger partial charge in [0.05, 0.1) is 0 Å². The zero-order chi connectivity index (χ0) is 8.97. The van der Waals surface area contributed by atoms with Gasteiger partial charge in [0.1, 0.15) is 0 Å². The van der Waals surface area contributed by atoms with Crippen molar-refractivity contribution in [3.63, 3.8) is 0 Å². The largest absolute Gasteiger partial charge is 0.314 e. The summed E-state index contributed by atoms with van der Waals surface area (Å²) in [6.45, 7) is 8.15. The Morgan fingerprint density at radius 2 is 2.00 bits per heavy atom. The minimum absolute atomic E-state index is 0.719. The molecule has 12 heavy (non-hydrogen) atoms. The van der Waals surface area contributed by atoms with Crippen LogP contribution in [0.5, 0.6) is 0 Å². The molecule has 0 saturated heterocycles. The third-order valence-electron chi connectivity index (χ3n) is 2.94. The molecule has 0 aromatic carbocycles. The maximum absolute atomic E-state index is 3.60. The summed E-state index contributed by atoms with van der Waals surface area (Å²) in [7, 11) is 0. The minimum Gasteiger partial charge on any atom is -0.314 e. The van der Waals surface area contributed by atoms with E-state index >= 15 is 0 Å². The molecule has 0 aromatic heterocycles. The van der Waals surface area contributed by atoms with Gasteiger partial charge in [-0.2, -0.15) is 0 Å². The van der Waals surface area contributed by atoms with Gasteiger partial charge in [-0.1, -0.05) is 20.3 Å². The summed E-state index contributed by atoms with van der Waals surface area (Å²) < 4.78 is 0. The highest BCUT2D eigenvalue weighted by Crippen LogP contribution is 2.36. The van der Waals surface area contributed by atoms with Gasteiger partial charge in [0.15, 0.2) is 0 Å². The zero-order valence-electron chi connectivity index (χ0n) is 8.77. The van der Waals surface area contributed by atoms with Crippen LogP contribution in [-0.4, -0.2) is 12.6 Å². The van der Waals surface area contributed by atoms with E-state index in [-0.39, 0.29) is 0 Å². The number of hydrogen-bond donors (Lipinski definition) is 1. The molecule has 1 N–H and O–H groups in total. The monoisotopic (exact) mass is 169 g/mol. The van der Waals surface area contributed by atoms with Crippen molar-refractivity contribution in [1.82, 2.24) is 5.32 Å². The summed E-state index contributed by atoms with van der Waals surface area (Å²) in [5, 5.41) is 3.60. The Balaban J connectivity index is 1.99. The van der Waals surface area contributed by atoms with E-state index in [1.54, 1.807) is 0 Å². The van der Waals surface area contributed by atoms with Crippen LogP contribution in [0.1, 0.15) is 46.5 Å². The Morgan fingerprint density at radius 3 is 2.50 bits per heavy atom. The van der Waals surface area contributed by atoms with E-state index < -0.39 is 0 Å². The second-order valence-corrected chi connectivity index (χ2v) is 4.41. The topological polar surface area (TPSA) is 12.0 Å². The molecular weight excluding hydrogens is 146 g/mol. The van der Waals surface area contributed by atoms with Gasteiger partial charge in [0, 0.05) is 6.04 Å². The summed E-state index contributed by atoms with van der Waals surface area (Å²) in [5.74, 6) is 1.95. The molecule has 0 aromatic rings. The molecular formula is C11H23N. The van der Waals surface area contributed by atoms with Crippen LogP contribution < -0.4 is 5.32 Å². The van der Waals surface area contributed by atoms with Crippen molar-refractivity contribution in [3.8, 4) is 0 Å². The maximum Gasteiger partial charge on any atom is 0.00387 e. The van der Waals surface area contributed by atoms with Gasteiger partial charge < -0.3 is 5.32 Å². The van der Waals surface area contributed by atoms with Crippen LogP contribution in [0.15, 0.2) is 0 Å². The lowest BCUT2D eigenvalue weighted by Gasteiger charge is -2.16. The Hall–Kier alpha value is -0.0400. The SMILES string of the molecule is CCCC(C)NCC(C)C1CC1. The lowest BCUT2D eigenvalue weighted by molar-refractivity contribution is 0.413. The van der Waals surface area contributed by atoms with Crippen LogP contribution in [0.2, 0.25) is 0 Å². The minimum atomic E-state index is 0.719. The average Bonchev–Trinajstić information content (AvgIpc) is 2.83. The molecule has 1 saturated carbocycles. The van der Waals surface area contributed by atoms with E-state index in [0.717, 1.165) is 17.9 Å².